The Kier molecular flexibility index (Phi) is 4.59. The summed E-state index contributed by atoms with van der Waals surface area (Å²) in [5.41, 5.74) is 8.80. The number of nitrogens with two attached hydrogens (primary N) is 1. The number of nitrogen functional groups attached to an aromatic ring is 1. The van der Waals surface area contributed by atoms with Crippen LogP contribution in [0.15, 0.2) is 10.5 Å². The van der Waals surface area contributed by atoms with Gasteiger partial charge in [0.2, 0.25) is 0 Å². The van der Waals surface area contributed by atoms with Crippen LogP contribution in [-0.4, -0.2) is 24.2 Å². The predicted octanol–water partition coefficient (Wildman–Crippen LogP) is 2.72. The lowest BCUT2D eigenvalue weighted by molar-refractivity contribution is 0.334. The van der Waals surface area contributed by atoms with Crippen molar-refractivity contribution in [3.63, 3.8) is 0 Å². The molecule has 0 aliphatic rings. The average Bonchev–Trinajstić information content (AvgIpc) is 2.34. The van der Waals surface area contributed by atoms with Gasteiger partial charge in [-0.2, -0.15) is 0 Å². The highest BCUT2D eigenvalue weighted by atomic mass is 79.9. The zero-order valence-corrected chi connectivity index (χ0v) is 12.6. The molecule has 1 aromatic heterocycles. The number of nitrogens with zero attached hydrogens (tertiary/aromatic N) is 2. The van der Waals surface area contributed by atoms with Gasteiger partial charge in [-0.3, -0.25) is 0 Å². The average molecular weight is 335 g/mol. The van der Waals surface area contributed by atoms with Gasteiger partial charge in [0.05, 0.1) is 25.4 Å². The van der Waals surface area contributed by atoms with Gasteiger partial charge in [0.15, 0.2) is 0 Å². The Balaban J connectivity index is 0.00000162. The molecule has 2 aromatic rings. The molecule has 2 rings (SSSR count). The Hall–Kier alpha value is -1.27. The highest BCUT2D eigenvalue weighted by molar-refractivity contribution is 9.10. The van der Waals surface area contributed by atoms with Crippen molar-refractivity contribution in [3.05, 3.63) is 16.1 Å². The summed E-state index contributed by atoms with van der Waals surface area (Å²) in [6, 6.07) is 1.86. The van der Waals surface area contributed by atoms with Crippen molar-refractivity contribution in [3.8, 4) is 11.8 Å². The molecule has 0 saturated heterocycles. The molecule has 1 heterocycles. The van der Waals surface area contributed by atoms with Crippen LogP contribution >= 0.6 is 28.3 Å². The van der Waals surface area contributed by atoms with Crippen LogP contribution < -0.4 is 15.2 Å². The molecule has 2 N–H and O–H groups in total. The second kappa shape index (κ2) is 5.58. The normalized spacial score (nSPS) is 10.0. The summed E-state index contributed by atoms with van der Waals surface area (Å²) < 4.78 is 11.1. The lowest BCUT2D eigenvalue weighted by atomic mass is 10.1. The third kappa shape index (κ3) is 2.30. The molecule has 0 saturated carbocycles. The van der Waals surface area contributed by atoms with Crippen molar-refractivity contribution in [2.24, 2.45) is 0 Å². The van der Waals surface area contributed by atoms with Gasteiger partial charge in [0.25, 0.3) is 11.8 Å². The monoisotopic (exact) mass is 333 g/mol. The topological polar surface area (TPSA) is 70.3 Å². The number of hydrogen-bond acceptors (Lipinski definition) is 5. The number of hydrogen-bond donors (Lipinski definition) is 1. The first kappa shape index (κ1) is 14.8. The Morgan fingerprint density at radius 1 is 1.17 bits per heavy atom. The van der Waals surface area contributed by atoms with Crippen LogP contribution in [0.25, 0.3) is 11.0 Å². The van der Waals surface area contributed by atoms with Gasteiger partial charge < -0.3 is 15.2 Å². The second-order valence-corrected chi connectivity index (χ2v) is 4.36. The molecule has 0 aliphatic heterocycles. The maximum Gasteiger partial charge on any atom is 0.278 e. The molecule has 0 radical (unpaired) electrons. The molecular weight excluding hydrogens is 321 g/mol. The number of rotatable bonds is 2. The van der Waals surface area contributed by atoms with E-state index in [1.54, 1.807) is 0 Å². The number of aromatic nitrogens is 2. The molecule has 0 bridgehead atoms. The highest BCUT2D eigenvalue weighted by Crippen LogP contribution is 2.33. The van der Waals surface area contributed by atoms with E-state index in [0.717, 1.165) is 10.0 Å². The third-order valence-electron chi connectivity index (χ3n) is 2.53. The summed E-state index contributed by atoms with van der Waals surface area (Å²) in [4.78, 5) is 8.62. The molecule has 98 valence electrons. The molecule has 5 nitrogen and oxygen atoms in total. The Bertz CT molecular complexity index is 592. The molecule has 1 aromatic carbocycles. The van der Waals surface area contributed by atoms with E-state index in [0.29, 0.717) is 28.5 Å². The Labute approximate surface area is 119 Å². The summed E-state index contributed by atoms with van der Waals surface area (Å²) in [6.45, 7) is 1.91. The van der Waals surface area contributed by atoms with E-state index in [-0.39, 0.29) is 12.4 Å². The van der Waals surface area contributed by atoms with Crippen LogP contribution in [0.1, 0.15) is 5.56 Å². The largest absolute Gasteiger partial charge is 0.477 e. The van der Waals surface area contributed by atoms with Gasteiger partial charge in [0.1, 0.15) is 5.52 Å². The van der Waals surface area contributed by atoms with Crippen molar-refractivity contribution < 1.29 is 9.47 Å². The first-order valence-electron chi connectivity index (χ1n) is 4.92. The summed E-state index contributed by atoms with van der Waals surface area (Å²) in [5.74, 6) is 0.670. The van der Waals surface area contributed by atoms with E-state index in [1.807, 2.05) is 13.0 Å². The molecule has 0 aliphatic carbocycles. The fourth-order valence-corrected chi connectivity index (χ4v) is 1.95. The predicted molar refractivity (Wildman–Crippen MR) is 76.7 cm³/mol. The van der Waals surface area contributed by atoms with Crippen LogP contribution in [0.4, 0.5) is 5.69 Å². The standard InChI is InChI=1S/C11H12BrN3O2.ClH/c1-5-6(12)4-7-9(8(5)13)15-11(17-3)10(14-7)16-2;/h4H,13H2,1-3H3;1H. The maximum atomic E-state index is 6.01. The van der Waals surface area contributed by atoms with Gasteiger partial charge in [-0.1, -0.05) is 15.9 Å². The molecule has 7 heteroatoms. The minimum Gasteiger partial charge on any atom is -0.477 e. The maximum absolute atomic E-state index is 6.01. The first-order chi connectivity index (χ1) is 8.08. The van der Waals surface area contributed by atoms with Crippen LogP contribution in [0, 0.1) is 6.92 Å². The van der Waals surface area contributed by atoms with Crippen LogP contribution in [0.3, 0.4) is 0 Å². The fraction of sp³-hybridized carbons (Fsp3) is 0.273. The van der Waals surface area contributed by atoms with Crippen molar-refractivity contribution in [2.45, 2.75) is 6.92 Å². The van der Waals surface area contributed by atoms with Gasteiger partial charge in [0, 0.05) is 4.47 Å². The zero-order valence-electron chi connectivity index (χ0n) is 10.2. The van der Waals surface area contributed by atoms with Crippen molar-refractivity contribution in [2.75, 3.05) is 20.0 Å². The van der Waals surface area contributed by atoms with E-state index in [9.17, 15) is 0 Å². The van der Waals surface area contributed by atoms with Gasteiger partial charge in [-0.05, 0) is 18.6 Å². The summed E-state index contributed by atoms with van der Waals surface area (Å²) in [7, 11) is 3.03. The van der Waals surface area contributed by atoms with E-state index >= 15 is 0 Å². The smallest absolute Gasteiger partial charge is 0.278 e. The van der Waals surface area contributed by atoms with E-state index < -0.39 is 0 Å². The van der Waals surface area contributed by atoms with Gasteiger partial charge in [-0.15, -0.1) is 12.4 Å². The number of fused-ring (bicyclic) bond motifs is 1. The van der Waals surface area contributed by atoms with E-state index in [1.165, 1.54) is 14.2 Å². The van der Waals surface area contributed by atoms with Gasteiger partial charge >= 0.3 is 0 Å². The van der Waals surface area contributed by atoms with Crippen LogP contribution in [0.5, 0.6) is 11.8 Å². The first-order valence-corrected chi connectivity index (χ1v) is 5.72. The molecule has 0 atom stereocenters. The summed E-state index contributed by atoms with van der Waals surface area (Å²) in [6.07, 6.45) is 0. The van der Waals surface area contributed by atoms with Crippen LogP contribution in [0.2, 0.25) is 0 Å². The number of halogens is 2. The molecule has 0 unspecified atom stereocenters. The van der Waals surface area contributed by atoms with Crippen molar-refractivity contribution >= 4 is 45.1 Å². The van der Waals surface area contributed by atoms with Crippen molar-refractivity contribution in [1.82, 2.24) is 9.97 Å². The lowest BCUT2D eigenvalue weighted by Crippen LogP contribution is -2.01. The number of anilines is 1. The van der Waals surface area contributed by atoms with Crippen molar-refractivity contribution in [1.29, 1.82) is 0 Å². The highest BCUT2D eigenvalue weighted by Gasteiger charge is 2.14. The molecular formula is C11H13BrClN3O2. The minimum absolute atomic E-state index is 0. The van der Waals surface area contributed by atoms with Gasteiger partial charge in [-0.25, -0.2) is 9.97 Å². The number of methoxy groups -OCH3 is 2. The molecule has 18 heavy (non-hydrogen) atoms. The van der Waals surface area contributed by atoms with E-state index in [4.69, 9.17) is 15.2 Å². The molecule has 0 spiro atoms. The Morgan fingerprint density at radius 3 is 2.28 bits per heavy atom. The van der Waals surface area contributed by atoms with Crippen LogP contribution in [-0.2, 0) is 0 Å². The molecule has 0 amide bonds. The fourth-order valence-electron chi connectivity index (χ4n) is 1.52. The summed E-state index contributed by atoms with van der Waals surface area (Å²) >= 11 is 3.43. The number of ether oxygens (including phenoxy) is 2. The lowest BCUT2D eigenvalue weighted by Gasteiger charge is -2.10. The quantitative estimate of drug-likeness (QED) is 0.855. The molecule has 0 fully saturated rings. The second-order valence-electron chi connectivity index (χ2n) is 3.51. The number of benzene rings is 1. The minimum atomic E-state index is 0. The summed E-state index contributed by atoms with van der Waals surface area (Å²) in [5, 5.41) is 0. The SMILES string of the molecule is COc1nc2cc(Br)c(C)c(N)c2nc1OC.Cl. The zero-order chi connectivity index (χ0) is 12.6. The third-order valence-corrected chi connectivity index (χ3v) is 3.35. The van der Waals surface area contributed by atoms with E-state index in [2.05, 4.69) is 25.9 Å². The Morgan fingerprint density at radius 2 is 1.72 bits per heavy atom.